The summed E-state index contributed by atoms with van der Waals surface area (Å²) in [4.78, 5) is 25.6. The largest absolute Gasteiger partial charge is 0.378 e. The molecular weight excluding hydrogens is 294 g/mol. The lowest BCUT2D eigenvalue weighted by atomic mass is 9.94. The van der Waals surface area contributed by atoms with Crippen LogP contribution in [0.2, 0.25) is 0 Å². The van der Waals surface area contributed by atoms with Crippen molar-refractivity contribution in [1.82, 2.24) is 15.5 Å². The van der Waals surface area contributed by atoms with E-state index in [0.29, 0.717) is 38.6 Å². The summed E-state index contributed by atoms with van der Waals surface area (Å²) in [6.45, 7) is 6.48. The fraction of sp³-hybridized carbons (Fsp3) is 0.857. The molecular formula is C14H26ClN3O3. The van der Waals surface area contributed by atoms with Gasteiger partial charge in [0.2, 0.25) is 11.8 Å². The summed E-state index contributed by atoms with van der Waals surface area (Å²) in [6.07, 6.45) is 1.65. The minimum absolute atomic E-state index is 0. The molecule has 2 atom stereocenters. The Morgan fingerprint density at radius 2 is 2.00 bits per heavy atom. The number of halogens is 1. The van der Waals surface area contributed by atoms with E-state index >= 15 is 0 Å². The third-order valence-electron chi connectivity index (χ3n) is 4.10. The van der Waals surface area contributed by atoms with Crippen LogP contribution >= 0.6 is 12.4 Å². The molecule has 2 heterocycles. The summed E-state index contributed by atoms with van der Waals surface area (Å²) in [7, 11) is 0. The van der Waals surface area contributed by atoms with E-state index in [1.54, 1.807) is 4.90 Å². The molecule has 0 bridgehead atoms. The van der Waals surface area contributed by atoms with Gasteiger partial charge in [0.1, 0.15) is 0 Å². The molecule has 0 aliphatic carbocycles. The standard InChI is InChI=1S/C14H25N3O3.ClH/c1-11-4-5-15-10-12(11)16-13(18)2-3-14(19)17-6-8-20-9-7-17;/h11-12,15H,2-10H2,1H3,(H,16,18);1H. The van der Waals surface area contributed by atoms with Crippen LogP contribution in [0.5, 0.6) is 0 Å². The van der Waals surface area contributed by atoms with Crippen molar-refractivity contribution in [3.63, 3.8) is 0 Å². The minimum Gasteiger partial charge on any atom is -0.378 e. The zero-order valence-corrected chi connectivity index (χ0v) is 13.4. The van der Waals surface area contributed by atoms with Crippen molar-refractivity contribution in [2.75, 3.05) is 39.4 Å². The second kappa shape index (κ2) is 9.23. The monoisotopic (exact) mass is 319 g/mol. The SMILES string of the molecule is CC1CCNCC1NC(=O)CCC(=O)N1CCOCC1.Cl. The van der Waals surface area contributed by atoms with E-state index < -0.39 is 0 Å². The first-order valence-corrected chi connectivity index (χ1v) is 7.52. The third-order valence-corrected chi connectivity index (χ3v) is 4.10. The Morgan fingerprint density at radius 1 is 1.29 bits per heavy atom. The molecule has 0 aromatic heterocycles. The van der Waals surface area contributed by atoms with Gasteiger partial charge < -0.3 is 20.3 Å². The molecule has 0 aromatic carbocycles. The first-order chi connectivity index (χ1) is 9.66. The fourth-order valence-corrected chi connectivity index (χ4v) is 2.65. The van der Waals surface area contributed by atoms with Crippen LogP contribution in [0.15, 0.2) is 0 Å². The van der Waals surface area contributed by atoms with Gasteiger partial charge in [0.25, 0.3) is 0 Å². The number of ether oxygens (including phenoxy) is 1. The predicted octanol–water partition coefficient (Wildman–Crippen LogP) is 0.161. The Labute approximate surface area is 132 Å². The Hall–Kier alpha value is -0.850. The van der Waals surface area contributed by atoms with Crippen LogP contribution in [0.4, 0.5) is 0 Å². The first kappa shape index (κ1) is 18.2. The molecule has 2 saturated heterocycles. The molecule has 0 spiro atoms. The molecule has 2 unspecified atom stereocenters. The van der Waals surface area contributed by atoms with Gasteiger partial charge in [-0.2, -0.15) is 0 Å². The van der Waals surface area contributed by atoms with Gasteiger partial charge in [-0.1, -0.05) is 6.92 Å². The molecule has 2 rings (SSSR count). The van der Waals surface area contributed by atoms with E-state index in [2.05, 4.69) is 17.6 Å². The number of hydrogen-bond acceptors (Lipinski definition) is 4. The summed E-state index contributed by atoms with van der Waals surface area (Å²) in [5.74, 6) is 0.528. The highest BCUT2D eigenvalue weighted by molar-refractivity contribution is 5.85. The molecule has 6 nitrogen and oxygen atoms in total. The quantitative estimate of drug-likeness (QED) is 0.774. The molecule has 7 heteroatoms. The molecule has 2 fully saturated rings. The van der Waals surface area contributed by atoms with E-state index in [9.17, 15) is 9.59 Å². The highest BCUT2D eigenvalue weighted by Gasteiger charge is 2.23. The Bertz CT molecular complexity index is 348. The molecule has 2 aliphatic heterocycles. The van der Waals surface area contributed by atoms with Gasteiger partial charge in [-0.25, -0.2) is 0 Å². The summed E-state index contributed by atoms with van der Waals surface area (Å²) in [5, 5.41) is 6.31. The van der Waals surface area contributed by atoms with Crippen molar-refractivity contribution in [3.8, 4) is 0 Å². The Balaban J connectivity index is 0.00000220. The van der Waals surface area contributed by atoms with Gasteiger partial charge in [0.05, 0.1) is 13.2 Å². The Morgan fingerprint density at radius 3 is 2.67 bits per heavy atom. The smallest absolute Gasteiger partial charge is 0.223 e. The van der Waals surface area contributed by atoms with E-state index in [1.165, 1.54) is 0 Å². The summed E-state index contributed by atoms with van der Waals surface area (Å²) in [5.41, 5.74) is 0. The summed E-state index contributed by atoms with van der Waals surface area (Å²) >= 11 is 0. The molecule has 122 valence electrons. The lowest BCUT2D eigenvalue weighted by molar-refractivity contribution is -0.137. The normalized spacial score (nSPS) is 25.9. The van der Waals surface area contributed by atoms with Crippen LogP contribution in [0.25, 0.3) is 0 Å². The van der Waals surface area contributed by atoms with E-state index in [1.807, 2.05) is 0 Å². The topological polar surface area (TPSA) is 70.7 Å². The number of rotatable bonds is 4. The van der Waals surface area contributed by atoms with Crippen molar-refractivity contribution in [1.29, 1.82) is 0 Å². The number of nitrogens with zero attached hydrogens (tertiary/aromatic N) is 1. The number of morpholine rings is 1. The molecule has 2 amide bonds. The molecule has 2 N–H and O–H groups in total. The second-order valence-electron chi connectivity index (χ2n) is 5.64. The van der Waals surface area contributed by atoms with Crippen molar-refractivity contribution in [2.45, 2.75) is 32.2 Å². The van der Waals surface area contributed by atoms with Crippen molar-refractivity contribution >= 4 is 24.2 Å². The highest BCUT2D eigenvalue weighted by atomic mass is 35.5. The van der Waals surface area contributed by atoms with Crippen LogP contribution in [-0.4, -0.2) is 62.1 Å². The van der Waals surface area contributed by atoms with E-state index in [4.69, 9.17) is 4.74 Å². The van der Waals surface area contributed by atoms with Gasteiger partial charge >= 0.3 is 0 Å². The van der Waals surface area contributed by atoms with Crippen LogP contribution in [0.1, 0.15) is 26.2 Å². The zero-order valence-electron chi connectivity index (χ0n) is 12.6. The predicted molar refractivity (Wildman–Crippen MR) is 82.5 cm³/mol. The molecule has 21 heavy (non-hydrogen) atoms. The molecule has 2 aliphatic rings. The average molecular weight is 320 g/mol. The number of piperidine rings is 1. The van der Waals surface area contributed by atoms with Crippen LogP contribution in [-0.2, 0) is 14.3 Å². The lowest BCUT2D eigenvalue weighted by Crippen LogP contribution is -2.50. The number of carbonyl (C=O) groups is 2. The van der Waals surface area contributed by atoms with E-state index in [-0.39, 0.29) is 36.7 Å². The Kier molecular flexibility index (Phi) is 8.00. The van der Waals surface area contributed by atoms with E-state index in [0.717, 1.165) is 19.5 Å². The summed E-state index contributed by atoms with van der Waals surface area (Å²) in [6, 6.07) is 0.190. The zero-order chi connectivity index (χ0) is 14.4. The van der Waals surface area contributed by atoms with Crippen molar-refractivity contribution < 1.29 is 14.3 Å². The second-order valence-corrected chi connectivity index (χ2v) is 5.64. The van der Waals surface area contributed by atoms with Crippen molar-refractivity contribution in [2.24, 2.45) is 5.92 Å². The van der Waals surface area contributed by atoms with Gasteiger partial charge in [-0.05, 0) is 18.9 Å². The van der Waals surface area contributed by atoms with Crippen LogP contribution < -0.4 is 10.6 Å². The number of amides is 2. The number of carbonyl (C=O) groups excluding carboxylic acids is 2. The fourth-order valence-electron chi connectivity index (χ4n) is 2.65. The van der Waals surface area contributed by atoms with Gasteiger partial charge in [-0.15, -0.1) is 12.4 Å². The summed E-state index contributed by atoms with van der Waals surface area (Å²) < 4.78 is 5.21. The minimum atomic E-state index is -0.0211. The maximum absolute atomic E-state index is 11.9. The van der Waals surface area contributed by atoms with Gasteiger partial charge in [0.15, 0.2) is 0 Å². The average Bonchev–Trinajstić information content (AvgIpc) is 2.48. The van der Waals surface area contributed by atoms with Crippen LogP contribution in [0.3, 0.4) is 0 Å². The molecule has 0 aromatic rings. The lowest BCUT2D eigenvalue weighted by Gasteiger charge is -2.30. The van der Waals surface area contributed by atoms with Crippen molar-refractivity contribution in [3.05, 3.63) is 0 Å². The highest BCUT2D eigenvalue weighted by Crippen LogP contribution is 2.11. The first-order valence-electron chi connectivity index (χ1n) is 7.52. The van der Waals surface area contributed by atoms with Gasteiger partial charge in [0, 0.05) is 38.5 Å². The van der Waals surface area contributed by atoms with Crippen LogP contribution in [0, 0.1) is 5.92 Å². The maximum atomic E-state index is 11.9. The molecule has 0 radical (unpaired) electrons. The van der Waals surface area contributed by atoms with Gasteiger partial charge in [-0.3, -0.25) is 9.59 Å². The maximum Gasteiger partial charge on any atom is 0.223 e. The molecule has 0 saturated carbocycles. The third kappa shape index (κ3) is 5.80. The number of nitrogens with one attached hydrogen (secondary N) is 2. The number of hydrogen-bond donors (Lipinski definition) is 2.